The Hall–Kier alpha value is -3.28. The molecule has 0 saturated carbocycles. The average molecular weight is 450 g/mol. The van der Waals surface area contributed by atoms with E-state index in [4.69, 9.17) is 5.11 Å². The van der Waals surface area contributed by atoms with E-state index in [1.807, 2.05) is 38.5 Å². The number of carboxylic acid groups (broad SMARTS) is 1. The number of nitrogens with zero attached hydrogens (tertiary/aromatic N) is 1. The van der Waals surface area contributed by atoms with Gasteiger partial charge >= 0.3 is 5.97 Å². The molecule has 1 atom stereocenters. The number of carbonyl (C=O) groups excluding carboxylic acids is 1. The van der Waals surface area contributed by atoms with Gasteiger partial charge in [-0.1, -0.05) is 32.0 Å². The third-order valence-corrected chi connectivity index (χ3v) is 5.89. The van der Waals surface area contributed by atoms with Crippen molar-refractivity contribution in [3.63, 3.8) is 0 Å². The van der Waals surface area contributed by atoms with Crippen LogP contribution >= 0.6 is 0 Å². The highest BCUT2D eigenvalue weighted by atomic mass is 16.4. The molecule has 3 aromatic rings. The zero-order chi connectivity index (χ0) is 24.1. The number of anilines is 1. The SMILES string of the molecule is Cc1ccc(C(CC(C)C)NC(=O)Cc2ccc3[nH]cc(CCC(=O)O)c3c2)c(N(C)C)c1. The van der Waals surface area contributed by atoms with Gasteiger partial charge in [0.25, 0.3) is 0 Å². The topological polar surface area (TPSA) is 85.4 Å². The highest BCUT2D eigenvalue weighted by Gasteiger charge is 2.20. The number of aliphatic carboxylic acids is 1. The van der Waals surface area contributed by atoms with Gasteiger partial charge in [-0.3, -0.25) is 9.59 Å². The number of carbonyl (C=O) groups is 2. The second-order valence-electron chi connectivity index (χ2n) is 9.47. The molecule has 1 amide bonds. The Bertz CT molecular complexity index is 1130. The van der Waals surface area contributed by atoms with Crippen molar-refractivity contribution in [2.45, 2.75) is 52.5 Å². The summed E-state index contributed by atoms with van der Waals surface area (Å²) in [6.07, 6.45) is 3.53. The number of aromatic amines is 1. The van der Waals surface area contributed by atoms with Crippen LogP contribution in [-0.2, 0) is 22.4 Å². The summed E-state index contributed by atoms with van der Waals surface area (Å²) in [5.74, 6) is -0.406. The van der Waals surface area contributed by atoms with Gasteiger partial charge in [0.2, 0.25) is 5.91 Å². The summed E-state index contributed by atoms with van der Waals surface area (Å²) in [6.45, 7) is 6.41. The van der Waals surface area contributed by atoms with Gasteiger partial charge in [-0.15, -0.1) is 0 Å². The number of fused-ring (bicyclic) bond motifs is 1. The molecule has 3 N–H and O–H groups in total. The van der Waals surface area contributed by atoms with E-state index >= 15 is 0 Å². The average Bonchev–Trinajstić information content (AvgIpc) is 3.13. The Morgan fingerprint density at radius 1 is 1.12 bits per heavy atom. The molecule has 1 unspecified atom stereocenters. The lowest BCUT2D eigenvalue weighted by Crippen LogP contribution is -2.31. The lowest BCUT2D eigenvalue weighted by molar-refractivity contribution is -0.137. The number of nitrogens with one attached hydrogen (secondary N) is 2. The number of rotatable bonds is 10. The summed E-state index contributed by atoms with van der Waals surface area (Å²) < 4.78 is 0. The molecule has 1 aromatic heterocycles. The van der Waals surface area contributed by atoms with Crippen LogP contribution < -0.4 is 10.2 Å². The fraction of sp³-hybridized carbons (Fsp3) is 0.407. The third-order valence-electron chi connectivity index (χ3n) is 5.89. The molecule has 176 valence electrons. The second-order valence-corrected chi connectivity index (χ2v) is 9.47. The third kappa shape index (κ3) is 6.37. The summed E-state index contributed by atoms with van der Waals surface area (Å²) in [7, 11) is 4.06. The highest BCUT2D eigenvalue weighted by Crippen LogP contribution is 2.31. The molecule has 0 aliphatic heterocycles. The molecule has 0 radical (unpaired) electrons. The number of H-pyrrole nitrogens is 1. The molecule has 6 nitrogen and oxygen atoms in total. The fourth-order valence-corrected chi connectivity index (χ4v) is 4.29. The molecule has 0 aliphatic rings. The van der Waals surface area contributed by atoms with Crippen LogP contribution in [-0.4, -0.2) is 36.1 Å². The molecule has 0 bridgehead atoms. The first-order valence-corrected chi connectivity index (χ1v) is 11.5. The predicted octanol–water partition coefficient (Wildman–Crippen LogP) is 5.01. The lowest BCUT2D eigenvalue weighted by Gasteiger charge is -2.27. The molecule has 1 heterocycles. The van der Waals surface area contributed by atoms with Gasteiger partial charge in [-0.05, 0) is 66.1 Å². The highest BCUT2D eigenvalue weighted by molar-refractivity contribution is 5.86. The van der Waals surface area contributed by atoms with E-state index in [1.165, 1.54) is 5.56 Å². The summed E-state index contributed by atoms with van der Waals surface area (Å²) >= 11 is 0. The van der Waals surface area contributed by atoms with Gasteiger partial charge in [0.15, 0.2) is 0 Å². The van der Waals surface area contributed by atoms with Crippen molar-refractivity contribution in [1.29, 1.82) is 0 Å². The molecule has 6 heteroatoms. The van der Waals surface area contributed by atoms with Crippen LogP contribution in [0.5, 0.6) is 0 Å². The summed E-state index contributed by atoms with van der Waals surface area (Å²) in [4.78, 5) is 29.3. The zero-order valence-electron chi connectivity index (χ0n) is 20.2. The van der Waals surface area contributed by atoms with Gasteiger partial charge in [0.05, 0.1) is 12.5 Å². The van der Waals surface area contributed by atoms with Crippen molar-refractivity contribution in [2.24, 2.45) is 5.92 Å². The standard InChI is InChI=1S/C27H35N3O3/c1-17(2)12-24(21-9-6-18(3)13-25(21)30(4)5)29-26(31)15-19-7-10-23-22(14-19)20(16-28-23)8-11-27(32)33/h6-7,9-10,13-14,16-17,24,28H,8,11-12,15H2,1-5H3,(H,29,31)(H,32,33). The first-order chi connectivity index (χ1) is 15.6. The molecule has 0 saturated heterocycles. The summed E-state index contributed by atoms with van der Waals surface area (Å²) in [5.41, 5.74) is 6.27. The predicted molar refractivity (Wildman–Crippen MR) is 134 cm³/mol. The Kier molecular flexibility index (Phi) is 7.79. The number of hydrogen-bond acceptors (Lipinski definition) is 3. The van der Waals surface area contributed by atoms with Crippen LogP contribution in [0.25, 0.3) is 10.9 Å². The molecule has 2 aromatic carbocycles. The van der Waals surface area contributed by atoms with Gasteiger partial charge in [-0.2, -0.15) is 0 Å². The largest absolute Gasteiger partial charge is 0.481 e. The molecule has 0 fully saturated rings. The van der Waals surface area contributed by atoms with Crippen LogP contribution in [0.15, 0.2) is 42.6 Å². The number of benzene rings is 2. The van der Waals surface area contributed by atoms with E-state index in [9.17, 15) is 9.59 Å². The Morgan fingerprint density at radius 2 is 1.88 bits per heavy atom. The minimum Gasteiger partial charge on any atom is -0.481 e. The van der Waals surface area contributed by atoms with Crippen molar-refractivity contribution in [2.75, 3.05) is 19.0 Å². The number of aryl methyl sites for hydroxylation is 2. The van der Waals surface area contributed by atoms with Gasteiger partial charge in [0, 0.05) is 43.3 Å². The Labute approximate surface area is 196 Å². The van der Waals surface area contributed by atoms with Crippen LogP contribution in [0.1, 0.15) is 55.0 Å². The normalized spacial score (nSPS) is 12.2. The molecular weight excluding hydrogens is 414 g/mol. The van der Waals surface area contributed by atoms with Crippen LogP contribution in [0.3, 0.4) is 0 Å². The molecule has 0 aliphatic carbocycles. The van der Waals surface area contributed by atoms with Gasteiger partial charge in [-0.25, -0.2) is 0 Å². The number of hydrogen-bond donors (Lipinski definition) is 3. The molecule has 3 rings (SSSR count). The minimum atomic E-state index is -0.815. The van der Waals surface area contributed by atoms with Crippen molar-refractivity contribution in [3.8, 4) is 0 Å². The number of amides is 1. The van der Waals surface area contributed by atoms with Crippen LogP contribution in [0.4, 0.5) is 5.69 Å². The van der Waals surface area contributed by atoms with E-state index < -0.39 is 5.97 Å². The minimum absolute atomic E-state index is 0.0205. The van der Waals surface area contributed by atoms with Crippen molar-refractivity contribution < 1.29 is 14.7 Å². The summed E-state index contributed by atoms with van der Waals surface area (Å²) in [6, 6.07) is 12.2. The Balaban J connectivity index is 1.80. The zero-order valence-corrected chi connectivity index (χ0v) is 20.2. The van der Waals surface area contributed by atoms with Crippen LogP contribution in [0, 0.1) is 12.8 Å². The van der Waals surface area contributed by atoms with Crippen molar-refractivity contribution in [3.05, 3.63) is 64.8 Å². The van der Waals surface area contributed by atoms with E-state index in [0.29, 0.717) is 12.3 Å². The fourth-order valence-electron chi connectivity index (χ4n) is 4.29. The first kappa shape index (κ1) is 24.4. The lowest BCUT2D eigenvalue weighted by atomic mass is 9.94. The van der Waals surface area contributed by atoms with E-state index in [-0.39, 0.29) is 24.8 Å². The molecule has 0 spiro atoms. The van der Waals surface area contributed by atoms with E-state index in [2.05, 4.69) is 54.2 Å². The van der Waals surface area contributed by atoms with E-state index in [1.54, 1.807) is 0 Å². The molecule has 33 heavy (non-hydrogen) atoms. The van der Waals surface area contributed by atoms with E-state index in [0.717, 1.165) is 39.7 Å². The van der Waals surface area contributed by atoms with Crippen molar-refractivity contribution in [1.82, 2.24) is 10.3 Å². The number of carboxylic acids is 1. The maximum atomic E-state index is 13.1. The first-order valence-electron chi connectivity index (χ1n) is 11.5. The summed E-state index contributed by atoms with van der Waals surface area (Å²) in [5, 5.41) is 13.3. The molecular formula is C27H35N3O3. The van der Waals surface area contributed by atoms with Crippen molar-refractivity contribution >= 4 is 28.5 Å². The maximum Gasteiger partial charge on any atom is 0.303 e. The monoisotopic (exact) mass is 449 g/mol. The second kappa shape index (κ2) is 10.6. The quantitative estimate of drug-likeness (QED) is 0.406. The Morgan fingerprint density at radius 3 is 2.55 bits per heavy atom. The maximum absolute atomic E-state index is 13.1. The smallest absolute Gasteiger partial charge is 0.303 e. The van der Waals surface area contributed by atoms with Crippen LogP contribution in [0.2, 0.25) is 0 Å². The van der Waals surface area contributed by atoms with Gasteiger partial charge < -0.3 is 20.3 Å². The van der Waals surface area contributed by atoms with Gasteiger partial charge in [0.1, 0.15) is 0 Å². The number of aromatic nitrogens is 1.